The molecule has 2 atom stereocenters. The molecule has 27 heavy (non-hydrogen) atoms. The molecule has 0 aliphatic heterocycles. The summed E-state index contributed by atoms with van der Waals surface area (Å²) in [5, 5.41) is 1.30. The van der Waals surface area contributed by atoms with E-state index in [9.17, 15) is 9.59 Å². The van der Waals surface area contributed by atoms with Gasteiger partial charge in [-0.15, -0.1) is 11.3 Å². The molecule has 1 aliphatic rings. The van der Waals surface area contributed by atoms with Crippen molar-refractivity contribution in [2.24, 2.45) is 11.8 Å². The number of carbonyl (C=O) groups is 2. The van der Waals surface area contributed by atoms with E-state index in [2.05, 4.69) is 61.6 Å². The van der Waals surface area contributed by atoms with Crippen molar-refractivity contribution in [2.45, 2.75) is 39.0 Å². The maximum atomic E-state index is 12.3. The molecule has 0 spiro atoms. The molecule has 2 nitrogen and oxygen atoms in total. The van der Waals surface area contributed by atoms with Crippen LogP contribution in [0, 0.1) is 11.8 Å². The molecule has 0 saturated heterocycles. The van der Waals surface area contributed by atoms with E-state index < -0.39 is 0 Å². The topological polar surface area (TPSA) is 34.1 Å². The number of aldehydes is 1. The summed E-state index contributed by atoms with van der Waals surface area (Å²) in [7, 11) is 0. The van der Waals surface area contributed by atoms with Crippen LogP contribution in [-0.2, 0) is 16.0 Å². The fourth-order valence-electron chi connectivity index (χ4n) is 3.62. The van der Waals surface area contributed by atoms with Crippen LogP contribution in [-0.4, -0.2) is 12.1 Å². The highest BCUT2D eigenvalue weighted by Gasteiger charge is 2.31. The molecule has 0 amide bonds. The summed E-state index contributed by atoms with van der Waals surface area (Å²) in [6, 6.07) is 10.7. The van der Waals surface area contributed by atoms with Gasteiger partial charge in [0.1, 0.15) is 6.29 Å². The number of unbranched alkanes of at least 4 members (excludes halogenated alkanes) is 2. The molecular weight excluding hydrogens is 352 g/mol. The summed E-state index contributed by atoms with van der Waals surface area (Å²) in [4.78, 5) is 24.0. The lowest BCUT2D eigenvalue weighted by Crippen LogP contribution is -2.14. The number of rotatable bonds is 9. The minimum atomic E-state index is 0.0194. The third kappa shape index (κ3) is 5.14. The van der Waals surface area contributed by atoms with Crippen molar-refractivity contribution in [1.29, 1.82) is 0 Å². The number of fused-ring (bicyclic) bond motifs is 1. The lowest BCUT2D eigenvalue weighted by Gasteiger charge is -2.15. The Bertz CT molecular complexity index is 852. The van der Waals surface area contributed by atoms with E-state index in [4.69, 9.17) is 0 Å². The zero-order valence-corrected chi connectivity index (χ0v) is 16.6. The van der Waals surface area contributed by atoms with Gasteiger partial charge in [0.15, 0.2) is 5.78 Å². The number of hydrogen-bond acceptors (Lipinski definition) is 3. The lowest BCUT2D eigenvalue weighted by molar-refractivity contribution is -0.117. The number of allylic oxidation sites excluding steroid dienone is 6. The van der Waals surface area contributed by atoms with E-state index in [1.165, 1.54) is 15.0 Å². The summed E-state index contributed by atoms with van der Waals surface area (Å²) >= 11 is 1.84. The number of ketones is 1. The Hall–Kier alpha value is -2.26. The molecule has 0 saturated carbocycles. The zero-order valence-electron chi connectivity index (χ0n) is 15.8. The van der Waals surface area contributed by atoms with E-state index in [0.29, 0.717) is 6.42 Å². The summed E-state index contributed by atoms with van der Waals surface area (Å²) < 4.78 is 1.32. The Kier molecular flexibility index (Phi) is 6.94. The number of benzene rings is 1. The van der Waals surface area contributed by atoms with Crippen LogP contribution < -0.4 is 0 Å². The molecule has 0 bridgehead atoms. The largest absolute Gasteiger partial charge is 0.303 e. The Labute approximate surface area is 165 Å². The molecular formula is C24H26O2S. The highest BCUT2D eigenvalue weighted by atomic mass is 32.1. The van der Waals surface area contributed by atoms with Gasteiger partial charge in [-0.1, -0.05) is 48.1 Å². The summed E-state index contributed by atoms with van der Waals surface area (Å²) in [6.07, 6.45) is 15.5. The molecule has 1 aliphatic carbocycles. The highest BCUT2D eigenvalue weighted by molar-refractivity contribution is 7.19. The second kappa shape index (κ2) is 9.61. The first-order valence-corrected chi connectivity index (χ1v) is 10.5. The average Bonchev–Trinajstić information content (AvgIpc) is 3.19. The number of hydrogen-bond donors (Lipinski definition) is 0. The van der Waals surface area contributed by atoms with Crippen LogP contribution in [0.1, 0.15) is 37.5 Å². The molecule has 1 aromatic carbocycles. The van der Waals surface area contributed by atoms with E-state index in [0.717, 1.165) is 37.5 Å². The molecule has 2 aromatic rings. The van der Waals surface area contributed by atoms with Gasteiger partial charge >= 0.3 is 0 Å². The maximum absolute atomic E-state index is 12.3. The molecule has 140 valence electrons. The minimum Gasteiger partial charge on any atom is -0.303 e. The van der Waals surface area contributed by atoms with Crippen molar-refractivity contribution in [3.8, 4) is 0 Å². The SMILES string of the molecule is CC1=CC(=O)[C@H](C/C=C\CCCC=O)[C@H]1/C=C/Cc1cc2ccccc2s1. The molecule has 1 aromatic heterocycles. The third-order valence-corrected chi connectivity index (χ3v) is 6.22. The Morgan fingerprint density at radius 3 is 2.78 bits per heavy atom. The molecule has 0 fully saturated rings. The van der Waals surface area contributed by atoms with Gasteiger partial charge in [-0.2, -0.15) is 0 Å². The van der Waals surface area contributed by atoms with E-state index in [-0.39, 0.29) is 17.6 Å². The first kappa shape index (κ1) is 19.5. The monoisotopic (exact) mass is 378 g/mol. The van der Waals surface area contributed by atoms with Gasteiger partial charge in [0, 0.05) is 27.8 Å². The van der Waals surface area contributed by atoms with Gasteiger partial charge in [0.25, 0.3) is 0 Å². The second-order valence-corrected chi connectivity index (χ2v) is 8.28. The zero-order chi connectivity index (χ0) is 19.1. The van der Waals surface area contributed by atoms with Crippen LogP contribution in [0.25, 0.3) is 10.1 Å². The standard InChI is InChI=1S/C24H26O2S/c1-18-16-23(26)22(12-5-3-2-4-8-15-25)21(18)13-9-11-20-17-19-10-6-7-14-24(19)27-20/h3,5-7,9-10,13-17,21-22H,2,4,8,11-12H2,1H3/b5-3-,13-9+/t21-,22+/m0/s1. The summed E-state index contributed by atoms with van der Waals surface area (Å²) in [6.45, 7) is 2.06. The quantitative estimate of drug-likeness (QED) is 0.301. The lowest BCUT2D eigenvalue weighted by atomic mass is 9.87. The van der Waals surface area contributed by atoms with E-state index >= 15 is 0 Å². The normalized spacial score (nSPS) is 20.2. The summed E-state index contributed by atoms with van der Waals surface area (Å²) in [5.74, 6) is 0.457. The van der Waals surface area contributed by atoms with Gasteiger partial charge in [-0.3, -0.25) is 4.79 Å². The number of thiophene rings is 1. The smallest absolute Gasteiger partial charge is 0.159 e. The molecule has 0 radical (unpaired) electrons. The minimum absolute atomic E-state index is 0.0194. The van der Waals surface area contributed by atoms with Gasteiger partial charge in [0.2, 0.25) is 0 Å². The second-order valence-electron chi connectivity index (χ2n) is 7.11. The molecule has 3 heteroatoms. The molecule has 1 heterocycles. The number of carbonyl (C=O) groups excluding carboxylic acids is 2. The van der Waals surface area contributed by atoms with Gasteiger partial charge < -0.3 is 4.79 Å². The molecule has 0 unspecified atom stereocenters. The van der Waals surface area contributed by atoms with Crippen molar-refractivity contribution in [3.05, 3.63) is 71.2 Å². The van der Waals surface area contributed by atoms with Crippen molar-refractivity contribution >= 4 is 33.5 Å². The van der Waals surface area contributed by atoms with Crippen molar-refractivity contribution in [2.75, 3.05) is 0 Å². The van der Waals surface area contributed by atoms with Gasteiger partial charge in [-0.25, -0.2) is 0 Å². The fraction of sp³-hybridized carbons (Fsp3) is 0.333. The summed E-state index contributed by atoms with van der Waals surface area (Å²) in [5.41, 5.74) is 1.16. The van der Waals surface area contributed by atoms with Crippen LogP contribution in [0.5, 0.6) is 0 Å². The van der Waals surface area contributed by atoms with E-state index in [1.54, 1.807) is 6.08 Å². The first-order valence-electron chi connectivity index (χ1n) is 9.64. The fourth-order valence-corrected chi connectivity index (χ4v) is 4.66. The Morgan fingerprint density at radius 2 is 1.96 bits per heavy atom. The van der Waals surface area contributed by atoms with Crippen LogP contribution in [0.3, 0.4) is 0 Å². The van der Waals surface area contributed by atoms with Crippen molar-refractivity contribution < 1.29 is 9.59 Å². The van der Waals surface area contributed by atoms with Crippen LogP contribution in [0.2, 0.25) is 0 Å². The average molecular weight is 379 g/mol. The van der Waals surface area contributed by atoms with Crippen molar-refractivity contribution in [3.63, 3.8) is 0 Å². The molecule has 3 rings (SSSR count). The van der Waals surface area contributed by atoms with Gasteiger partial charge in [-0.05, 0) is 56.2 Å². The first-order chi connectivity index (χ1) is 13.2. The predicted octanol–water partition coefficient (Wildman–Crippen LogP) is 6.08. The van der Waals surface area contributed by atoms with Crippen LogP contribution >= 0.6 is 11.3 Å². The van der Waals surface area contributed by atoms with Crippen LogP contribution in [0.4, 0.5) is 0 Å². The maximum Gasteiger partial charge on any atom is 0.159 e. The van der Waals surface area contributed by atoms with Gasteiger partial charge in [0.05, 0.1) is 0 Å². The highest BCUT2D eigenvalue weighted by Crippen LogP contribution is 2.33. The Morgan fingerprint density at radius 1 is 1.11 bits per heavy atom. The predicted molar refractivity (Wildman–Crippen MR) is 114 cm³/mol. The Balaban J connectivity index is 1.58. The third-order valence-electron chi connectivity index (χ3n) is 5.08. The van der Waals surface area contributed by atoms with Crippen LogP contribution in [0.15, 0.2) is 66.3 Å². The van der Waals surface area contributed by atoms with E-state index in [1.807, 2.05) is 11.3 Å². The molecule has 0 N–H and O–H groups in total. The van der Waals surface area contributed by atoms with Crippen molar-refractivity contribution in [1.82, 2.24) is 0 Å².